The molecule has 0 spiro atoms. The fourth-order valence-electron chi connectivity index (χ4n) is 3.88. The third kappa shape index (κ3) is 5.07. The number of anilines is 1. The number of esters is 1. The molecule has 1 N–H and O–H groups in total. The first-order valence-corrected chi connectivity index (χ1v) is 11.1. The van der Waals surface area contributed by atoms with Crippen LogP contribution in [0.4, 0.5) is 5.00 Å². The van der Waals surface area contributed by atoms with Crippen LogP contribution in [0.5, 0.6) is 0 Å². The molecule has 3 rings (SSSR count). The second-order valence-electron chi connectivity index (χ2n) is 7.36. The van der Waals surface area contributed by atoms with Gasteiger partial charge in [0.15, 0.2) is 0 Å². The van der Waals surface area contributed by atoms with E-state index in [1.54, 1.807) is 6.92 Å². The molecule has 2 heterocycles. The molecular weight excluding hydrogens is 398 g/mol. The predicted octanol–water partition coefficient (Wildman–Crippen LogP) is 4.46. The Morgan fingerprint density at radius 3 is 2.80 bits per heavy atom. The minimum Gasteiger partial charge on any atom is -0.462 e. The van der Waals surface area contributed by atoms with Crippen LogP contribution in [-0.2, 0) is 9.53 Å². The van der Waals surface area contributed by atoms with E-state index in [1.807, 2.05) is 37.3 Å². The number of piperidine rings is 1. The number of rotatable bonds is 7. The van der Waals surface area contributed by atoms with E-state index in [0.717, 1.165) is 35.4 Å². The highest BCUT2D eigenvalue weighted by molar-refractivity contribution is 7.17. The first-order valence-electron chi connectivity index (χ1n) is 10.3. The van der Waals surface area contributed by atoms with Crippen LogP contribution in [0.3, 0.4) is 0 Å². The molecule has 0 aliphatic carbocycles. The van der Waals surface area contributed by atoms with Crippen LogP contribution in [0.15, 0.2) is 30.3 Å². The van der Waals surface area contributed by atoms with Gasteiger partial charge in [-0.15, -0.1) is 11.3 Å². The average Bonchev–Trinajstić information content (AvgIpc) is 3.08. The van der Waals surface area contributed by atoms with Gasteiger partial charge in [-0.05, 0) is 38.8 Å². The highest BCUT2D eigenvalue weighted by Gasteiger charge is 2.29. The minimum absolute atomic E-state index is 0.0805. The van der Waals surface area contributed by atoms with Crippen molar-refractivity contribution < 1.29 is 14.3 Å². The zero-order chi connectivity index (χ0) is 21.5. The van der Waals surface area contributed by atoms with Gasteiger partial charge in [0.1, 0.15) is 10.6 Å². The lowest BCUT2D eigenvalue weighted by Crippen LogP contribution is -2.41. The van der Waals surface area contributed by atoms with Gasteiger partial charge in [0.25, 0.3) is 0 Å². The summed E-state index contributed by atoms with van der Waals surface area (Å²) in [5, 5.41) is 12.4. The summed E-state index contributed by atoms with van der Waals surface area (Å²) in [7, 11) is 0. The summed E-state index contributed by atoms with van der Waals surface area (Å²) in [4.78, 5) is 28.9. The van der Waals surface area contributed by atoms with Gasteiger partial charge in [-0.3, -0.25) is 4.79 Å². The van der Waals surface area contributed by atoms with E-state index in [4.69, 9.17) is 10.00 Å². The number of amides is 1. The standard InChI is InChI=1S/C23H27N3O3S/c1-3-29-23(28)20-19(17-9-5-4-6-10-17)16(2)30-22(20)25-21(27)18-11-7-13-26(15-18)14-8-12-24/h4-6,9-10,18H,3,7-8,11,13-15H2,1-2H3,(H,25,27). The molecule has 1 atom stereocenters. The number of likely N-dealkylation sites (tertiary alicyclic amines) is 1. The topological polar surface area (TPSA) is 82.4 Å². The molecule has 1 amide bonds. The molecule has 158 valence electrons. The smallest absolute Gasteiger partial charge is 0.341 e. The van der Waals surface area contributed by atoms with Crippen molar-refractivity contribution in [3.63, 3.8) is 0 Å². The van der Waals surface area contributed by atoms with E-state index >= 15 is 0 Å². The first kappa shape index (κ1) is 22.0. The second kappa shape index (κ2) is 10.4. The number of nitrogens with zero attached hydrogens (tertiary/aromatic N) is 2. The van der Waals surface area contributed by atoms with E-state index in [1.165, 1.54) is 11.3 Å². The van der Waals surface area contributed by atoms with Crippen molar-refractivity contribution in [1.82, 2.24) is 4.90 Å². The lowest BCUT2D eigenvalue weighted by molar-refractivity contribution is -0.121. The molecule has 1 aliphatic heterocycles. The molecule has 2 aromatic rings. The average molecular weight is 426 g/mol. The van der Waals surface area contributed by atoms with Crippen LogP contribution in [0, 0.1) is 24.2 Å². The van der Waals surface area contributed by atoms with E-state index in [9.17, 15) is 9.59 Å². The molecule has 1 saturated heterocycles. The fourth-order valence-corrected chi connectivity index (χ4v) is 4.95. The Bertz CT molecular complexity index is 933. The molecule has 1 unspecified atom stereocenters. The van der Waals surface area contributed by atoms with Crippen LogP contribution in [0.2, 0.25) is 0 Å². The largest absolute Gasteiger partial charge is 0.462 e. The lowest BCUT2D eigenvalue weighted by atomic mass is 9.96. The molecule has 0 bridgehead atoms. The summed E-state index contributed by atoms with van der Waals surface area (Å²) in [6.45, 7) is 6.23. The van der Waals surface area contributed by atoms with E-state index in [2.05, 4.69) is 16.3 Å². The summed E-state index contributed by atoms with van der Waals surface area (Å²) in [6.07, 6.45) is 2.19. The maximum absolute atomic E-state index is 13.0. The van der Waals surface area contributed by atoms with Gasteiger partial charge in [0.05, 0.1) is 18.6 Å². The summed E-state index contributed by atoms with van der Waals surface area (Å²) in [5.41, 5.74) is 2.17. The normalized spacial score (nSPS) is 16.6. The Morgan fingerprint density at radius 1 is 1.33 bits per heavy atom. The predicted molar refractivity (Wildman–Crippen MR) is 118 cm³/mol. The molecule has 0 radical (unpaired) electrons. The SMILES string of the molecule is CCOC(=O)c1c(NC(=O)C2CCCN(CCC#N)C2)sc(C)c1-c1ccccc1. The number of benzene rings is 1. The quantitative estimate of drug-likeness (QED) is 0.662. The summed E-state index contributed by atoms with van der Waals surface area (Å²) in [5.74, 6) is -0.659. The van der Waals surface area contributed by atoms with Gasteiger partial charge in [0.2, 0.25) is 5.91 Å². The van der Waals surface area contributed by atoms with Crippen LogP contribution in [-0.4, -0.2) is 43.0 Å². The molecule has 30 heavy (non-hydrogen) atoms. The molecule has 1 aliphatic rings. The summed E-state index contributed by atoms with van der Waals surface area (Å²) < 4.78 is 5.31. The molecule has 7 heteroatoms. The van der Waals surface area contributed by atoms with Crippen LogP contribution in [0.25, 0.3) is 11.1 Å². The van der Waals surface area contributed by atoms with E-state index in [-0.39, 0.29) is 18.4 Å². The Hall–Kier alpha value is -2.69. The van der Waals surface area contributed by atoms with Gasteiger partial charge in [-0.1, -0.05) is 30.3 Å². The zero-order valence-corrected chi connectivity index (χ0v) is 18.3. The number of thiophene rings is 1. The molecule has 0 saturated carbocycles. The molecule has 1 aromatic heterocycles. The van der Waals surface area contributed by atoms with Gasteiger partial charge in [-0.25, -0.2) is 4.79 Å². The number of hydrogen-bond donors (Lipinski definition) is 1. The summed E-state index contributed by atoms with van der Waals surface area (Å²) in [6, 6.07) is 11.9. The first-order chi connectivity index (χ1) is 14.5. The van der Waals surface area contributed by atoms with Crippen molar-refractivity contribution in [3.05, 3.63) is 40.8 Å². The van der Waals surface area contributed by atoms with Gasteiger partial charge in [0, 0.05) is 30.0 Å². The van der Waals surface area contributed by atoms with Crippen molar-refractivity contribution >= 4 is 28.2 Å². The second-order valence-corrected chi connectivity index (χ2v) is 8.59. The van der Waals surface area contributed by atoms with E-state index in [0.29, 0.717) is 30.1 Å². The number of hydrogen-bond acceptors (Lipinski definition) is 6. The van der Waals surface area contributed by atoms with Crippen molar-refractivity contribution in [1.29, 1.82) is 5.26 Å². The van der Waals surface area contributed by atoms with Crippen molar-refractivity contribution in [2.45, 2.75) is 33.1 Å². The third-order valence-corrected chi connectivity index (χ3v) is 6.30. The third-order valence-electron chi connectivity index (χ3n) is 5.28. The van der Waals surface area contributed by atoms with E-state index < -0.39 is 5.97 Å². The maximum atomic E-state index is 13.0. The van der Waals surface area contributed by atoms with Gasteiger partial charge in [-0.2, -0.15) is 5.26 Å². The Balaban J connectivity index is 1.86. The lowest BCUT2D eigenvalue weighted by Gasteiger charge is -2.31. The number of aryl methyl sites for hydroxylation is 1. The Morgan fingerprint density at radius 2 is 2.10 bits per heavy atom. The zero-order valence-electron chi connectivity index (χ0n) is 17.4. The van der Waals surface area contributed by atoms with Crippen LogP contribution >= 0.6 is 11.3 Å². The monoisotopic (exact) mass is 425 g/mol. The van der Waals surface area contributed by atoms with Crippen molar-refractivity contribution in [2.75, 3.05) is 31.6 Å². The van der Waals surface area contributed by atoms with Crippen LogP contribution in [0.1, 0.15) is 41.4 Å². The number of carbonyl (C=O) groups excluding carboxylic acids is 2. The van der Waals surface area contributed by atoms with Crippen molar-refractivity contribution in [3.8, 4) is 17.2 Å². The highest BCUT2D eigenvalue weighted by atomic mass is 32.1. The Labute approximate surface area is 181 Å². The number of carbonyl (C=O) groups is 2. The Kier molecular flexibility index (Phi) is 7.61. The number of ether oxygens (including phenoxy) is 1. The fraction of sp³-hybridized carbons (Fsp3) is 0.435. The summed E-state index contributed by atoms with van der Waals surface area (Å²) >= 11 is 1.41. The minimum atomic E-state index is -0.421. The molecular formula is C23H27N3O3S. The molecule has 6 nitrogen and oxygen atoms in total. The van der Waals surface area contributed by atoms with Gasteiger partial charge < -0.3 is 15.0 Å². The highest BCUT2D eigenvalue weighted by Crippen LogP contribution is 2.40. The number of nitrogens with one attached hydrogen (secondary N) is 1. The molecule has 1 aromatic carbocycles. The maximum Gasteiger partial charge on any atom is 0.341 e. The molecule has 1 fully saturated rings. The van der Waals surface area contributed by atoms with Gasteiger partial charge >= 0.3 is 5.97 Å². The van der Waals surface area contributed by atoms with Crippen molar-refractivity contribution in [2.24, 2.45) is 5.92 Å². The van der Waals surface area contributed by atoms with Crippen LogP contribution < -0.4 is 5.32 Å². The number of nitriles is 1.